The number of nitrogens with one attached hydrogen (secondary N) is 1. The van der Waals surface area contributed by atoms with Gasteiger partial charge in [0.05, 0.1) is 37.3 Å². The van der Waals surface area contributed by atoms with E-state index in [0.717, 1.165) is 26.2 Å². The maximum atomic E-state index is 11.6. The number of methoxy groups -OCH3 is 1. The fourth-order valence-electron chi connectivity index (χ4n) is 2.26. The summed E-state index contributed by atoms with van der Waals surface area (Å²) in [6, 6.07) is 1.60. The highest BCUT2D eigenvalue weighted by Gasteiger charge is 2.19. The smallest absolute Gasteiger partial charge is 0.340 e. The molecule has 1 aromatic heterocycles. The van der Waals surface area contributed by atoms with Crippen LogP contribution in [0.15, 0.2) is 12.3 Å². The molecule has 21 heavy (non-hydrogen) atoms. The first kappa shape index (κ1) is 15.5. The summed E-state index contributed by atoms with van der Waals surface area (Å²) in [5, 5.41) is 3.18. The van der Waals surface area contributed by atoms with Gasteiger partial charge in [-0.05, 0) is 12.6 Å². The van der Waals surface area contributed by atoms with Crippen molar-refractivity contribution >= 4 is 17.5 Å². The molecular formula is C14H22N4O3. The Morgan fingerprint density at radius 2 is 2.48 bits per heavy atom. The van der Waals surface area contributed by atoms with Crippen LogP contribution in [0.5, 0.6) is 0 Å². The lowest BCUT2D eigenvalue weighted by Crippen LogP contribution is -2.45. The summed E-state index contributed by atoms with van der Waals surface area (Å²) in [4.78, 5) is 18.1. The van der Waals surface area contributed by atoms with Crippen molar-refractivity contribution in [1.82, 2.24) is 9.88 Å². The van der Waals surface area contributed by atoms with Crippen molar-refractivity contribution in [3.63, 3.8) is 0 Å². The van der Waals surface area contributed by atoms with Crippen LogP contribution in [-0.2, 0) is 9.47 Å². The highest BCUT2D eigenvalue weighted by atomic mass is 16.5. The number of nitrogens with two attached hydrogens (primary N) is 1. The molecule has 1 saturated heterocycles. The number of morpholine rings is 1. The number of carbonyl (C=O) groups is 1. The van der Waals surface area contributed by atoms with Crippen LogP contribution in [0.2, 0.25) is 0 Å². The largest absolute Gasteiger partial charge is 0.465 e. The van der Waals surface area contributed by atoms with E-state index >= 15 is 0 Å². The normalized spacial score (nSPS) is 19.2. The number of hydrogen-bond donors (Lipinski definition) is 2. The molecule has 0 aromatic carbocycles. The highest BCUT2D eigenvalue weighted by molar-refractivity contribution is 5.95. The number of carbonyl (C=O) groups excluding carboxylic acids is 1. The molecule has 1 unspecified atom stereocenters. The first-order chi connectivity index (χ1) is 10.1. The van der Waals surface area contributed by atoms with Crippen molar-refractivity contribution in [2.24, 2.45) is 0 Å². The number of likely N-dealkylation sites (N-methyl/N-ethyl adjacent to an activating group) is 1. The van der Waals surface area contributed by atoms with Crippen LogP contribution in [0.3, 0.4) is 0 Å². The van der Waals surface area contributed by atoms with E-state index in [-0.39, 0.29) is 6.10 Å². The number of nitrogens with zero attached hydrogens (tertiary/aromatic N) is 2. The Morgan fingerprint density at radius 1 is 1.67 bits per heavy atom. The number of rotatable bonds is 5. The number of esters is 1. The second-order valence-corrected chi connectivity index (χ2v) is 4.92. The van der Waals surface area contributed by atoms with Gasteiger partial charge in [0.15, 0.2) is 0 Å². The third-order valence-corrected chi connectivity index (χ3v) is 3.52. The number of anilines is 2. The minimum atomic E-state index is -0.468. The number of nitrogen functional groups attached to an aromatic ring is 1. The van der Waals surface area contributed by atoms with Gasteiger partial charge < -0.3 is 20.5 Å². The van der Waals surface area contributed by atoms with Gasteiger partial charge in [0, 0.05) is 19.6 Å². The number of hydrogen-bond acceptors (Lipinski definition) is 7. The minimum Gasteiger partial charge on any atom is -0.465 e. The van der Waals surface area contributed by atoms with Crippen LogP contribution in [0.25, 0.3) is 0 Å². The predicted octanol–water partition coefficient (Wildman–Crippen LogP) is 0.583. The van der Waals surface area contributed by atoms with Gasteiger partial charge in [0.25, 0.3) is 0 Å². The third-order valence-electron chi connectivity index (χ3n) is 3.52. The number of pyridine rings is 1. The van der Waals surface area contributed by atoms with Crippen molar-refractivity contribution in [2.75, 3.05) is 50.9 Å². The quantitative estimate of drug-likeness (QED) is 0.768. The standard InChI is InChI=1S/C14H22N4O3/c1-3-18-4-5-21-10(9-18)7-16-13-6-11(14(19)20-2)12(15)8-17-13/h6,8,10H,3-5,7,9,15H2,1-2H3,(H,16,17). The zero-order chi connectivity index (χ0) is 15.2. The molecule has 3 N–H and O–H groups in total. The first-order valence-electron chi connectivity index (χ1n) is 7.05. The summed E-state index contributed by atoms with van der Waals surface area (Å²) in [6.45, 7) is 6.39. The van der Waals surface area contributed by atoms with Gasteiger partial charge in [-0.15, -0.1) is 0 Å². The lowest BCUT2D eigenvalue weighted by molar-refractivity contribution is -0.0192. The SMILES string of the molecule is CCN1CCOC(CNc2cc(C(=O)OC)c(N)cn2)C1. The Bertz CT molecular complexity index is 495. The van der Waals surface area contributed by atoms with Crippen LogP contribution in [0.1, 0.15) is 17.3 Å². The molecule has 0 aliphatic carbocycles. The molecule has 0 spiro atoms. The summed E-state index contributed by atoms with van der Waals surface area (Å²) >= 11 is 0. The zero-order valence-corrected chi connectivity index (χ0v) is 12.5. The lowest BCUT2D eigenvalue weighted by Gasteiger charge is -2.32. The van der Waals surface area contributed by atoms with Gasteiger partial charge in [-0.2, -0.15) is 0 Å². The van der Waals surface area contributed by atoms with Crippen molar-refractivity contribution in [3.8, 4) is 0 Å². The maximum Gasteiger partial charge on any atom is 0.340 e. The van der Waals surface area contributed by atoms with Gasteiger partial charge in [0.1, 0.15) is 5.82 Å². The summed E-state index contributed by atoms with van der Waals surface area (Å²) in [5.41, 5.74) is 6.34. The molecule has 0 amide bonds. The molecule has 2 heterocycles. The Hall–Kier alpha value is -1.86. The van der Waals surface area contributed by atoms with Crippen LogP contribution < -0.4 is 11.1 Å². The molecule has 0 radical (unpaired) electrons. The van der Waals surface area contributed by atoms with Gasteiger partial charge >= 0.3 is 5.97 Å². The molecule has 7 nitrogen and oxygen atoms in total. The van der Waals surface area contributed by atoms with E-state index in [9.17, 15) is 4.79 Å². The molecule has 7 heteroatoms. The van der Waals surface area contributed by atoms with Crippen LogP contribution in [0, 0.1) is 0 Å². The fourth-order valence-corrected chi connectivity index (χ4v) is 2.26. The van der Waals surface area contributed by atoms with Crippen molar-refractivity contribution in [3.05, 3.63) is 17.8 Å². The van der Waals surface area contributed by atoms with Gasteiger partial charge in [-0.25, -0.2) is 9.78 Å². The second kappa shape index (κ2) is 7.24. The van der Waals surface area contributed by atoms with Crippen molar-refractivity contribution < 1.29 is 14.3 Å². The fraction of sp³-hybridized carbons (Fsp3) is 0.571. The van der Waals surface area contributed by atoms with E-state index in [4.69, 9.17) is 10.5 Å². The summed E-state index contributed by atoms with van der Waals surface area (Å²) in [5.74, 6) is 0.117. The van der Waals surface area contributed by atoms with Gasteiger partial charge in [0.2, 0.25) is 0 Å². The molecule has 116 valence electrons. The summed E-state index contributed by atoms with van der Waals surface area (Å²) in [6.07, 6.45) is 1.56. The van der Waals surface area contributed by atoms with E-state index in [0.29, 0.717) is 23.6 Å². The average Bonchev–Trinajstić information content (AvgIpc) is 2.53. The molecule has 1 aliphatic heterocycles. The van der Waals surface area contributed by atoms with E-state index in [2.05, 4.69) is 26.9 Å². The molecule has 1 aliphatic rings. The Kier molecular flexibility index (Phi) is 5.35. The van der Waals surface area contributed by atoms with E-state index in [1.807, 2.05) is 0 Å². The van der Waals surface area contributed by atoms with E-state index in [1.165, 1.54) is 13.3 Å². The molecule has 1 atom stereocenters. The van der Waals surface area contributed by atoms with Crippen LogP contribution in [0.4, 0.5) is 11.5 Å². The maximum absolute atomic E-state index is 11.6. The highest BCUT2D eigenvalue weighted by Crippen LogP contribution is 2.16. The second-order valence-electron chi connectivity index (χ2n) is 4.92. The molecule has 0 saturated carbocycles. The Morgan fingerprint density at radius 3 is 3.19 bits per heavy atom. The average molecular weight is 294 g/mol. The molecule has 1 aromatic rings. The topological polar surface area (TPSA) is 89.7 Å². The van der Waals surface area contributed by atoms with Gasteiger partial charge in [-0.1, -0.05) is 6.92 Å². The molecular weight excluding hydrogens is 272 g/mol. The number of aromatic nitrogens is 1. The summed E-state index contributed by atoms with van der Waals surface area (Å²) in [7, 11) is 1.32. The predicted molar refractivity (Wildman–Crippen MR) is 80.3 cm³/mol. The first-order valence-corrected chi connectivity index (χ1v) is 7.05. The Balaban J connectivity index is 1.95. The van der Waals surface area contributed by atoms with E-state index < -0.39 is 5.97 Å². The number of ether oxygens (including phenoxy) is 2. The minimum absolute atomic E-state index is 0.111. The monoisotopic (exact) mass is 294 g/mol. The van der Waals surface area contributed by atoms with Gasteiger partial charge in [-0.3, -0.25) is 4.90 Å². The summed E-state index contributed by atoms with van der Waals surface area (Å²) < 4.78 is 10.4. The van der Waals surface area contributed by atoms with Crippen molar-refractivity contribution in [1.29, 1.82) is 0 Å². The van der Waals surface area contributed by atoms with Crippen LogP contribution in [-0.4, -0.2) is 61.9 Å². The lowest BCUT2D eigenvalue weighted by atomic mass is 10.2. The third kappa shape index (κ3) is 4.05. The van der Waals surface area contributed by atoms with Crippen LogP contribution >= 0.6 is 0 Å². The molecule has 2 rings (SSSR count). The molecule has 1 fully saturated rings. The Labute approximate surface area is 124 Å². The zero-order valence-electron chi connectivity index (χ0n) is 12.5. The van der Waals surface area contributed by atoms with E-state index in [1.54, 1.807) is 6.07 Å². The molecule has 0 bridgehead atoms. The van der Waals surface area contributed by atoms with Crippen molar-refractivity contribution in [2.45, 2.75) is 13.0 Å².